The number of carbonyl (C=O) groups excluding carboxylic acids is 1. The van der Waals surface area contributed by atoms with Crippen LogP contribution in [-0.4, -0.2) is 20.6 Å². The third-order valence-corrected chi connectivity index (χ3v) is 4.38. The molecule has 0 spiro atoms. The number of hydrogen-bond acceptors (Lipinski definition) is 5. The highest BCUT2D eigenvalue weighted by molar-refractivity contribution is 5.77. The molecule has 0 aliphatic heterocycles. The number of benzene rings is 1. The van der Waals surface area contributed by atoms with Crippen LogP contribution in [0.3, 0.4) is 0 Å². The molecule has 0 bridgehead atoms. The fourth-order valence-electron chi connectivity index (χ4n) is 2.84. The maximum atomic E-state index is 12.7. The summed E-state index contributed by atoms with van der Waals surface area (Å²) in [5, 5.41) is 6.97. The van der Waals surface area contributed by atoms with Crippen molar-refractivity contribution in [2.24, 2.45) is 0 Å². The zero-order valence-electron chi connectivity index (χ0n) is 15.2. The van der Waals surface area contributed by atoms with E-state index in [0.717, 1.165) is 12.0 Å². The molecule has 1 aromatic carbocycles. The van der Waals surface area contributed by atoms with Gasteiger partial charge in [0, 0.05) is 13.0 Å². The van der Waals surface area contributed by atoms with Gasteiger partial charge in [-0.2, -0.15) is 4.98 Å². The van der Waals surface area contributed by atoms with E-state index in [0.29, 0.717) is 29.9 Å². The van der Waals surface area contributed by atoms with Crippen molar-refractivity contribution < 1.29 is 9.32 Å². The van der Waals surface area contributed by atoms with Gasteiger partial charge in [-0.3, -0.25) is 14.2 Å². The number of amides is 1. The monoisotopic (exact) mass is 354 g/mol. The Hall–Kier alpha value is -2.96. The van der Waals surface area contributed by atoms with E-state index >= 15 is 0 Å². The standard InChI is InChI=1S/C19H22N4O3/c1-4-13-6-8-14(9-7-13)10-20-16(24)11-23-15(5-2)21-18-17(19(23)25)12(3)22-26-18/h6-9H,4-5,10-11H2,1-3H3,(H,20,24). The first-order valence-corrected chi connectivity index (χ1v) is 8.73. The molecule has 0 saturated heterocycles. The Morgan fingerprint density at radius 1 is 1.15 bits per heavy atom. The highest BCUT2D eigenvalue weighted by Crippen LogP contribution is 2.12. The molecule has 7 heteroatoms. The van der Waals surface area contributed by atoms with Gasteiger partial charge in [-0.1, -0.05) is 43.3 Å². The second-order valence-corrected chi connectivity index (χ2v) is 6.17. The van der Waals surface area contributed by atoms with Crippen LogP contribution in [0.15, 0.2) is 33.6 Å². The van der Waals surface area contributed by atoms with Crippen molar-refractivity contribution in [1.29, 1.82) is 0 Å². The van der Waals surface area contributed by atoms with Crippen molar-refractivity contribution in [3.05, 3.63) is 57.3 Å². The maximum absolute atomic E-state index is 12.7. The van der Waals surface area contributed by atoms with Gasteiger partial charge in [0.15, 0.2) is 0 Å². The van der Waals surface area contributed by atoms with Gasteiger partial charge >= 0.3 is 0 Å². The fourth-order valence-corrected chi connectivity index (χ4v) is 2.84. The first-order valence-electron chi connectivity index (χ1n) is 8.73. The van der Waals surface area contributed by atoms with Gasteiger partial charge in [0.25, 0.3) is 11.3 Å². The van der Waals surface area contributed by atoms with Crippen LogP contribution in [0, 0.1) is 6.92 Å². The number of nitrogens with one attached hydrogen (secondary N) is 1. The third kappa shape index (κ3) is 3.51. The number of rotatable bonds is 6. The van der Waals surface area contributed by atoms with Crippen LogP contribution in [0.5, 0.6) is 0 Å². The minimum absolute atomic E-state index is 0.0807. The molecular formula is C19H22N4O3. The highest BCUT2D eigenvalue weighted by atomic mass is 16.5. The van der Waals surface area contributed by atoms with Crippen molar-refractivity contribution in [1.82, 2.24) is 20.0 Å². The van der Waals surface area contributed by atoms with Gasteiger partial charge in [-0.15, -0.1) is 0 Å². The van der Waals surface area contributed by atoms with Crippen molar-refractivity contribution in [3.8, 4) is 0 Å². The molecular weight excluding hydrogens is 332 g/mol. The Morgan fingerprint density at radius 2 is 1.85 bits per heavy atom. The predicted molar refractivity (Wildman–Crippen MR) is 97.8 cm³/mol. The third-order valence-electron chi connectivity index (χ3n) is 4.38. The average molecular weight is 354 g/mol. The van der Waals surface area contributed by atoms with Gasteiger partial charge in [-0.05, 0) is 24.5 Å². The van der Waals surface area contributed by atoms with E-state index in [9.17, 15) is 9.59 Å². The van der Waals surface area contributed by atoms with E-state index < -0.39 is 0 Å². The van der Waals surface area contributed by atoms with E-state index in [1.54, 1.807) is 6.92 Å². The van der Waals surface area contributed by atoms with Crippen molar-refractivity contribution in [3.63, 3.8) is 0 Å². The summed E-state index contributed by atoms with van der Waals surface area (Å²) in [6.07, 6.45) is 1.49. The molecule has 0 fully saturated rings. The average Bonchev–Trinajstić information content (AvgIpc) is 3.03. The van der Waals surface area contributed by atoms with Crippen molar-refractivity contribution >= 4 is 17.0 Å². The van der Waals surface area contributed by atoms with Crippen LogP contribution >= 0.6 is 0 Å². The van der Waals surface area contributed by atoms with Gasteiger partial charge in [0.2, 0.25) is 5.91 Å². The molecule has 1 N–H and O–H groups in total. The first-order chi connectivity index (χ1) is 12.5. The lowest BCUT2D eigenvalue weighted by Crippen LogP contribution is -2.34. The summed E-state index contributed by atoms with van der Waals surface area (Å²) in [5.74, 6) is 0.262. The maximum Gasteiger partial charge on any atom is 0.267 e. The number of hydrogen-bond donors (Lipinski definition) is 1. The van der Waals surface area contributed by atoms with E-state index in [1.165, 1.54) is 10.1 Å². The number of aromatic nitrogens is 3. The van der Waals surface area contributed by atoms with E-state index in [1.807, 2.05) is 31.2 Å². The smallest absolute Gasteiger partial charge is 0.267 e. The zero-order valence-corrected chi connectivity index (χ0v) is 15.2. The molecule has 0 aliphatic carbocycles. The van der Waals surface area contributed by atoms with Crippen LogP contribution in [0.25, 0.3) is 11.1 Å². The molecule has 0 saturated carbocycles. The summed E-state index contributed by atoms with van der Waals surface area (Å²) in [6.45, 7) is 6.00. The molecule has 136 valence electrons. The minimum atomic E-state index is -0.298. The molecule has 1 amide bonds. The summed E-state index contributed by atoms with van der Waals surface area (Å²) >= 11 is 0. The molecule has 2 heterocycles. The van der Waals surface area contributed by atoms with Crippen LogP contribution in [-0.2, 0) is 30.7 Å². The Kier molecular flexibility index (Phi) is 5.16. The zero-order chi connectivity index (χ0) is 18.7. The van der Waals surface area contributed by atoms with Gasteiger partial charge < -0.3 is 9.84 Å². The topological polar surface area (TPSA) is 90.0 Å². The number of carbonyl (C=O) groups is 1. The first kappa shape index (κ1) is 17.8. The fraction of sp³-hybridized carbons (Fsp3) is 0.368. The quantitative estimate of drug-likeness (QED) is 0.732. The molecule has 26 heavy (non-hydrogen) atoms. The van der Waals surface area contributed by atoms with E-state index in [2.05, 4.69) is 22.4 Å². The summed E-state index contributed by atoms with van der Waals surface area (Å²) in [6, 6.07) is 8.09. The van der Waals surface area contributed by atoms with E-state index in [-0.39, 0.29) is 23.7 Å². The molecule has 7 nitrogen and oxygen atoms in total. The van der Waals surface area contributed by atoms with Crippen LogP contribution < -0.4 is 10.9 Å². The predicted octanol–water partition coefficient (Wildman–Crippen LogP) is 2.13. The second-order valence-electron chi connectivity index (χ2n) is 6.17. The Morgan fingerprint density at radius 3 is 2.50 bits per heavy atom. The Bertz CT molecular complexity index is 986. The molecule has 0 radical (unpaired) electrons. The molecule has 0 atom stereocenters. The highest BCUT2D eigenvalue weighted by Gasteiger charge is 2.17. The van der Waals surface area contributed by atoms with Gasteiger partial charge in [0.1, 0.15) is 17.8 Å². The van der Waals surface area contributed by atoms with Gasteiger partial charge in [0.05, 0.1) is 5.69 Å². The second kappa shape index (κ2) is 7.51. The molecule has 3 aromatic rings. The van der Waals surface area contributed by atoms with Crippen LogP contribution in [0.1, 0.15) is 36.5 Å². The largest absolute Gasteiger partial charge is 0.350 e. The summed E-state index contributed by atoms with van der Waals surface area (Å²) in [7, 11) is 0. The van der Waals surface area contributed by atoms with Crippen LogP contribution in [0.4, 0.5) is 0 Å². The van der Waals surface area contributed by atoms with Crippen LogP contribution in [0.2, 0.25) is 0 Å². The summed E-state index contributed by atoms with van der Waals surface area (Å²) in [5.41, 5.74) is 2.67. The lowest BCUT2D eigenvalue weighted by Gasteiger charge is -2.11. The SMILES string of the molecule is CCc1ccc(CNC(=O)Cn2c(CC)nc3onc(C)c3c2=O)cc1. The number of aryl methyl sites for hydroxylation is 3. The normalized spacial score (nSPS) is 11.0. The lowest BCUT2D eigenvalue weighted by atomic mass is 10.1. The molecule has 3 rings (SSSR count). The van der Waals surface area contributed by atoms with Crippen molar-refractivity contribution in [2.45, 2.75) is 46.7 Å². The van der Waals surface area contributed by atoms with E-state index in [4.69, 9.17) is 4.52 Å². The summed E-state index contributed by atoms with van der Waals surface area (Å²) < 4.78 is 6.47. The van der Waals surface area contributed by atoms with Crippen molar-refractivity contribution in [2.75, 3.05) is 0 Å². The Balaban J connectivity index is 1.77. The lowest BCUT2D eigenvalue weighted by molar-refractivity contribution is -0.121. The molecule has 0 unspecified atom stereocenters. The van der Waals surface area contributed by atoms with Gasteiger partial charge in [-0.25, -0.2) is 0 Å². The minimum Gasteiger partial charge on any atom is -0.350 e. The summed E-state index contributed by atoms with van der Waals surface area (Å²) in [4.78, 5) is 29.4. The molecule has 0 aliphatic rings. The molecule has 2 aromatic heterocycles. The Labute approximate surface area is 151 Å². The number of fused-ring (bicyclic) bond motifs is 1. The number of nitrogens with zero attached hydrogens (tertiary/aromatic N) is 3.